The summed E-state index contributed by atoms with van der Waals surface area (Å²) in [5.41, 5.74) is 1.33. The van der Waals surface area contributed by atoms with Crippen LogP contribution in [0.15, 0.2) is 83.8 Å². The first-order valence-corrected chi connectivity index (χ1v) is 13.6. The molecular weight excluding hydrogens is 495 g/mol. The van der Waals surface area contributed by atoms with Crippen LogP contribution >= 0.6 is 23.4 Å². The van der Waals surface area contributed by atoms with Crippen LogP contribution in [0.1, 0.15) is 36.8 Å². The zero-order valence-electron chi connectivity index (χ0n) is 20.0. The quantitative estimate of drug-likeness (QED) is 0.318. The maximum Gasteiger partial charge on any atom is 0.243 e. The molecule has 7 heteroatoms. The molecule has 36 heavy (non-hydrogen) atoms. The highest BCUT2D eigenvalue weighted by atomic mass is 35.5. The molecule has 1 fully saturated rings. The van der Waals surface area contributed by atoms with Gasteiger partial charge in [0.25, 0.3) is 0 Å². The van der Waals surface area contributed by atoms with Crippen molar-refractivity contribution < 1.29 is 14.0 Å². The summed E-state index contributed by atoms with van der Waals surface area (Å²) in [5, 5.41) is 3.79. The summed E-state index contributed by atoms with van der Waals surface area (Å²) in [5.74, 6) is -0.680. The van der Waals surface area contributed by atoms with Crippen molar-refractivity contribution in [1.82, 2.24) is 10.2 Å². The van der Waals surface area contributed by atoms with Gasteiger partial charge in [-0.15, -0.1) is 11.8 Å². The van der Waals surface area contributed by atoms with E-state index in [1.807, 2.05) is 42.5 Å². The Hall–Kier alpha value is -2.83. The molecule has 4 nitrogen and oxygen atoms in total. The van der Waals surface area contributed by atoms with Crippen molar-refractivity contribution in [3.63, 3.8) is 0 Å². The Labute approximate surface area is 221 Å². The molecule has 2 amide bonds. The van der Waals surface area contributed by atoms with Gasteiger partial charge in [0.1, 0.15) is 11.9 Å². The number of carbonyl (C=O) groups excluding carboxylic acids is 2. The van der Waals surface area contributed by atoms with Gasteiger partial charge in [0.05, 0.1) is 5.75 Å². The van der Waals surface area contributed by atoms with Gasteiger partial charge in [0.15, 0.2) is 0 Å². The van der Waals surface area contributed by atoms with Crippen LogP contribution in [0.2, 0.25) is 5.02 Å². The van der Waals surface area contributed by atoms with Crippen molar-refractivity contribution in [2.45, 2.75) is 55.6 Å². The zero-order chi connectivity index (χ0) is 25.3. The first-order chi connectivity index (χ1) is 17.5. The summed E-state index contributed by atoms with van der Waals surface area (Å²) < 4.78 is 14.7. The largest absolute Gasteiger partial charge is 0.352 e. The molecule has 0 saturated heterocycles. The van der Waals surface area contributed by atoms with E-state index in [1.54, 1.807) is 35.2 Å². The molecule has 0 heterocycles. The van der Waals surface area contributed by atoms with E-state index in [0.29, 0.717) is 17.0 Å². The molecule has 0 bridgehead atoms. The van der Waals surface area contributed by atoms with Gasteiger partial charge in [-0.2, -0.15) is 0 Å². The SMILES string of the molecule is O=C(NC1CCCC1)C(Cc1ccccc1)N(Cc1ccccc1F)C(=O)CSc1ccc(Cl)cc1. The number of amides is 2. The fourth-order valence-corrected chi connectivity index (χ4v) is 5.40. The minimum Gasteiger partial charge on any atom is -0.352 e. The number of rotatable bonds is 10. The Morgan fingerprint density at radius 1 is 0.972 bits per heavy atom. The third kappa shape index (κ3) is 7.34. The van der Waals surface area contributed by atoms with Crippen LogP contribution in [0, 0.1) is 5.82 Å². The van der Waals surface area contributed by atoms with Gasteiger partial charge in [-0.1, -0.05) is 73.0 Å². The number of nitrogens with one attached hydrogen (secondary N) is 1. The maximum atomic E-state index is 14.7. The molecule has 1 unspecified atom stereocenters. The maximum absolute atomic E-state index is 14.7. The van der Waals surface area contributed by atoms with Gasteiger partial charge in [0, 0.05) is 34.5 Å². The number of benzene rings is 3. The van der Waals surface area contributed by atoms with Gasteiger partial charge in [-0.25, -0.2) is 4.39 Å². The van der Waals surface area contributed by atoms with E-state index in [1.165, 1.54) is 17.8 Å². The van der Waals surface area contributed by atoms with Crippen molar-refractivity contribution in [3.8, 4) is 0 Å². The fraction of sp³-hybridized carbons (Fsp3) is 0.310. The highest BCUT2D eigenvalue weighted by Crippen LogP contribution is 2.24. The number of hydrogen-bond acceptors (Lipinski definition) is 3. The van der Waals surface area contributed by atoms with Crippen LogP contribution in [0.3, 0.4) is 0 Å². The standard InChI is InChI=1S/C29H30ClFN2O2S/c30-23-14-16-25(17-15-23)36-20-28(34)33(19-22-10-4-7-13-26(22)31)27(18-21-8-2-1-3-9-21)29(35)32-24-11-5-6-12-24/h1-4,7-10,13-17,24,27H,5-6,11-12,18-20H2,(H,32,35). The van der Waals surface area contributed by atoms with Gasteiger partial charge in [-0.05, 0) is 48.7 Å². The van der Waals surface area contributed by atoms with E-state index >= 15 is 0 Å². The molecule has 0 spiro atoms. The van der Waals surface area contributed by atoms with Crippen molar-refractivity contribution >= 4 is 35.2 Å². The molecule has 188 valence electrons. The molecule has 1 N–H and O–H groups in total. The van der Waals surface area contributed by atoms with Crippen LogP contribution in [0.5, 0.6) is 0 Å². The van der Waals surface area contributed by atoms with Crippen LogP contribution in [0.4, 0.5) is 4.39 Å². The highest BCUT2D eigenvalue weighted by molar-refractivity contribution is 8.00. The lowest BCUT2D eigenvalue weighted by Crippen LogP contribution is -2.52. The van der Waals surface area contributed by atoms with Crippen molar-refractivity contribution in [2.75, 3.05) is 5.75 Å². The van der Waals surface area contributed by atoms with Crippen LogP contribution in [-0.2, 0) is 22.6 Å². The second kappa shape index (κ2) is 12.9. The van der Waals surface area contributed by atoms with Gasteiger partial charge in [0.2, 0.25) is 11.8 Å². The lowest BCUT2D eigenvalue weighted by Gasteiger charge is -2.32. The molecule has 3 aromatic rings. The molecular formula is C29H30ClFN2O2S. The number of carbonyl (C=O) groups is 2. The monoisotopic (exact) mass is 524 g/mol. The molecule has 4 rings (SSSR count). The molecule has 1 saturated carbocycles. The number of hydrogen-bond donors (Lipinski definition) is 1. The third-order valence-corrected chi connectivity index (χ3v) is 7.70. The first kappa shape index (κ1) is 26.2. The molecule has 0 aliphatic heterocycles. The molecule has 0 aromatic heterocycles. The highest BCUT2D eigenvalue weighted by Gasteiger charge is 2.32. The predicted octanol–water partition coefficient (Wildman–Crippen LogP) is 6.27. The number of nitrogens with zero attached hydrogens (tertiary/aromatic N) is 1. The summed E-state index contributed by atoms with van der Waals surface area (Å²) in [6.07, 6.45) is 4.41. The first-order valence-electron chi connectivity index (χ1n) is 12.2. The van der Waals surface area contributed by atoms with Crippen LogP contribution < -0.4 is 5.32 Å². The lowest BCUT2D eigenvalue weighted by molar-refractivity contribution is -0.139. The number of halogens is 2. The Morgan fingerprint density at radius 2 is 1.64 bits per heavy atom. The average molecular weight is 525 g/mol. The predicted molar refractivity (Wildman–Crippen MR) is 143 cm³/mol. The van der Waals surface area contributed by atoms with E-state index in [4.69, 9.17) is 11.6 Å². The normalized spacial score (nSPS) is 14.4. The minimum absolute atomic E-state index is 0.0161. The number of thioether (sulfide) groups is 1. The van der Waals surface area contributed by atoms with E-state index in [-0.39, 0.29) is 30.2 Å². The van der Waals surface area contributed by atoms with Crippen molar-refractivity contribution in [3.05, 3.63) is 101 Å². The third-order valence-electron chi connectivity index (χ3n) is 6.45. The Kier molecular flexibility index (Phi) is 9.42. The van der Waals surface area contributed by atoms with E-state index in [2.05, 4.69) is 5.32 Å². The van der Waals surface area contributed by atoms with E-state index in [0.717, 1.165) is 36.1 Å². The van der Waals surface area contributed by atoms with Gasteiger partial charge >= 0.3 is 0 Å². The fourth-order valence-electron chi connectivity index (χ4n) is 4.49. The summed E-state index contributed by atoms with van der Waals surface area (Å²) in [4.78, 5) is 29.7. The van der Waals surface area contributed by atoms with Crippen molar-refractivity contribution in [2.24, 2.45) is 0 Å². The summed E-state index contributed by atoms with van der Waals surface area (Å²) in [6.45, 7) is 0.0161. The Morgan fingerprint density at radius 3 is 2.33 bits per heavy atom. The lowest BCUT2D eigenvalue weighted by atomic mass is 10.0. The molecule has 1 aliphatic rings. The zero-order valence-corrected chi connectivity index (χ0v) is 21.6. The Balaban J connectivity index is 1.61. The summed E-state index contributed by atoms with van der Waals surface area (Å²) in [7, 11) is 0. The molecule has 1 aliphatic carbocycles. The van der Waals surface area contributed by atoms with Gasteiger partial charge < -0.3 is 10.2 Å². The summed E-state index contributed by atoms with van der Waals surface area (Å²) in [6, 6.07) is 22.7. The molecule has 1 atom stereocenters. The second-order valence-electron chi connectivity index (χ2n) is 9.05. The molecule has 3 aromatic carbocycles. The topological polar surface area (TPSA) is 49.4 Å². The average Bonchev–Trinajstić information content (AvgIpc) is 3.40. The van der Waals surface area contributed by atoms with Crippen molar-refractivity contribution in [1.29, 1.82) is 0 Å². The van der Waals surface area contributed by atoms with Crippen LogP contribution in [-0.4, -0.2) is 34.6 Å². The minimum atomic E-state index is -0.758. The van der Waals surface area contributed by atoms with E-state index < -0.39 is 11.9 Å². The summed E-state index contributed by atoms with van der Waals surface area (Å²) >= 11 is 7.36. The smallest absolute Gasteiger partial charge is 0.243 e. The van der Waals surface area contributed by atoms with Gasteiger partial charge in [-0.3, -0.25) is 9.59 Å². The van der Waals surface area contributed by atoms with E-state index in [9.17, 15) is 14.0 Å². The Bertz CT molecular complexity index is 1150. The van der Waals surface area contributed by atoms with Crippen LogP contribution in [0.25, 0.3) is 0 Å². The molecule has 0 radical (unpaired) electrons. The second-order valence-corrected chi connectivity index (χ2v) is 10.5.